The van der Waals surface area contributed by atoms with Gasteiger partial charge in [0.2, 0.25) is 0 Å². The van der Waals surface area contributed by atoms with Crippen molar-refractivity contribution in [1.82, 2.24) is 4.98 Å². The van der Waals surface area contributed by atoms with Crippen LogP contribution in [0.15, 0.2) is 10.7 Å². The van der Waals surface area contributed by atoms with Crippen molar-refractivity contribution in [1.29, 1.82) is 0 Å². The third kappa shape index (κ3) is 1.82. The molecule has 2 N–H and O–H groups in total. The fourth-order valence-electron chi connectivity index (χ4n) is 0.856. The molecule has 0 unspecified atom stereocenters. The highest BCUT2D eigenvalue weighted by molar-refractivity contribution is 9.10. The van der Waals surface area contributed by atoms with E-state index in [-0.39, 0.29) is 4.47 Å². The molecular formula is C7H4BrF2NO3. The summed E-state index contributed by atoms with van der Waals surface area (Å²) in [6.45, 7) is 0. The van der Waals surface area contributed by atoms with Gasteiger partial charge >= 0.3 is 5.97 Å². The maximum Gasteiger partial charge on any atom is 0.340 e. The molecular weight excluding hydrogens is 264 g/mol. The molecule has 0 saturated heterocycles. The van der Waals surface area contributed by atoms with Crippen LogP contribution in [0.1, 0.15) is 22.5 Å². The topological polar surface area (TPSA) is 70.4 Å². The second-order valence-corrected chi connectivity index (χ2v) is 3.18. The third-order valence-electron chi connectivity index (χ3n) is 1.46. The van der Waals surface area contributed by atoms with E-state index in [1.807, 2.05) is 0 Å². The first-order chi connectivity index (χ1) is 6.45. The summed E-state index contributed by atoms with van der Waals surface area (Å²) in [5, 5.41) is 17.7. The van der Waals surface area contributed by atoms with Crippen LogP contribution in [0.4, 0.5) is 8.78 Å². The lowest BCUT2D eigenvalue weighted by atomic mass is 10.2. The van der Waals surface area contributed by atoms with Crippen LogP contribution in [-0.4, -0.2) is 21.2 Å². The molecule has 0 fully saturated rings. The summed E-state index contributed by atoms with van der Waals surface area (Å²) in [5.74, 6) is -2.51. The number of carboxylic acid groups (broad SMARTS) is 1. The van der Waals surface area contributed by atoms with Gasteiger partial charge in [-0.15, -0.1) is 0 Å². The second kappa shape index (κ2) is 3.87. The number of rotatable bonds is 2. The van der Waals surface area contributed by atoms with Crippen LogP contribution in [0.5, 0.6) is 5.75 Å². The summed E-state index contributed by atoms with van der Waals surface area (Å²) in [6.07, 6.45) is -2.11. The van der Waals surface area contributed by atoms with Gasteiger partial charge in [-0.05, 0) is 15.9 Å². The van der Waals surface area contributed by atoms with Crippen molar-refractivity contribution >= 4 is 21.9 Å². The molecule has 0 aliphatic rings. The minimum Gasteiger partial charge on any atom is -0.505 e. The average molecular weight is 268 g/mol. The largest absolute Gasteiger partial charge is 0.505 e. The molecule has 1 rings (SSSR count). The Kier molecular flexibility index (Phi) is 3.00. The van der Waals surface area contributed by atoms with E-state index >= 15 is 0 Å². The van der Waals surface area contributed by atoms with Gasteiger partial charge in [0.1, 0.15) is 11.3 Å². The highest BCUT2D eigenvalue weighted by atomic mass is 79.9. The van der Waals surface area contributed by atoms with Gasteiger partial charge in [-0.3, -0.25) is 4.98 Å². The minimum atomic E-state index is -3.01. The first-order valence-electron chi connectivity index (χ1n) is 3.34. The molecule has 76 valence electrons. The number of hydrogen-bond acceptors (Lipinski definition) is 3. The molecule has 0 radical (unpaired) electrons. The lowest BCUT2D eigenvalue weighted by Gasteiger charge is -2.06. The van der Waals surface area contributed by atoms with Crippen molar-refractivity contribution in [3.05, 3.63) is 21.9 Å². The van der Waals surface area contributed by atoms with Crippen molar-refractivity contribution in [2.45, 2.75) is 6.43 Å². The fourth-order valence-corrected chi connectivity index (χ4v) is 1.32. The zero-order valence-electron chi connectivity index (χ0n) is 6.54. The molecule has 0 saturated carbocycles. The van der Waals surface area contributed by atoms with Crippen LogP contribution >= 0.6 is 15.9 Å². The summed E-state index contributed by atoms with van der Waals surface area (Å²) in [6, 6.07) is 0. The van der Waals surface area contributed by atoms with Gasteiger partial charge in [0.15, 0.2) is 5.75 Å². The predicted molar refractivity (Wildman–Crippen MR) is 45.5 cm³/mol. The van der Waals surface area contributed by atoms with Gasteiger partial charge < -0.3 is 10.2 Å². The van der Waals surface area contributed by atoms with Gasteiger partial charge in [0, 0.05) is 6.20 Å². The van der Waals surface area contributed by atoms with E-state index < -0.39 is 29.4 Å². The molecule has 0 bridgehead atoms. The maximum absolute atomic E-state index is 12.2. The molecule has 0 aliphatic heterocycles. The molecule has 0 aliphatic carbocycles. The molecule has 14 heavy (non-hydrogen) atoms. The van der Waals surface area contributed by atoms with Gasteiger partial charge in [0.05, 0.1) is 4.47 Å². The summed E-state index contributed by atoms with van der Waals surface area (Å²) in [5.41, 5.74) is -1.55. The maximum atomic E-state index is 12.2. The Morgan fingerprint density at radius 1 is 1.57 bits per heavy atom. The molecule has 0 atom stereocenters. The number of aromatic hydroxyl groups is 1. The Bertz CT molecular complexity index is 383. The van der Waals surface area contributed by atoms with Crippen LogP contribution in [0.2, 0.25) is 0 Å². The van der Waals surface area contributed by atoms with E-state index in [2.05, 4.69) is 20.9 Å². The molecule has 7 heteroatoms. The van der Waals surface area contributed by atoms with E-state index in [1.165, 1.54) is 0 Å². The number of pyridine rings is 1. The van der Waals surface area contributed by atoms with E-state index in [4.69, 9.17) is 10.2 Å². The lowest BCUT2D eigenvalue weighted by molar-refractivity contribution is 0.0691. The summed E-state index contributed by atoms with van der Waals surface area (Å²) in [7, 11) is 0. The van der Waals surface area contributed by atoms with Crippen molar-refractivity contribution in [3.8, 4) is 5.75 Å². The number of hydrogen-bond donors (Lipinski definition) is 2. The third-order valence-corrected chi connectivity index (χ3v) is 2.06. The van der Waals surface area contributed by atoms with Gasteiger partial charge in [-0.1, -0.05) is 0 Å². The summed E-state index contributed by atoms with van der Waals surface area (Å²) < 4.78 is 24.3. The van der Waals surface area contributed by atoms with Crippen molar-refractivity contribution in [2.75, 3.05) is 0 Å². The number of carbonyl (C=O) groups is 1. The smallest absolute Gasteiger partial charge is 0.340 e. The number of halogens is 3. The van der Waals surface area contributed by atoms with Gasteiger partial charge in [0.25, 0.3) is 6.43 Å². The Morgan fingerprint density at radius 2 is 2.14 bits per heavy atom. The second-order valence-electron chi connectivity index (χ2n) is 2.32. The highest BCUT2D eigenvalue weighted by Crippen LogP contribution is 2.33. The predicted octanol–water partition coefficient (Wildman–Crippen LogP) is 2.19. The van der Waals surface area contributed by atoms with Crippen molar-refractivity contribution in [3.63, 3.8) is 0 Å². The number of aromatic carboxylic acids is 1. The molecule has 0 aromatic carbocycles. The Morgan fingerprint density at radius 3 is 2.57 bits per heavy atom. The monoisotopic (exact) mass is 267 g/mol. The van der Waals surface area contributed by atoms with Crippen LogP contribution in [0, 0.1) is 0 Å². The van der Waals surface area contributed by atoms with E-state index in [9.17, 15) is 13.6 Å². The fraction of sp³-hybridized carbons (Fsp3) is 0.143. The molecule has 1 heterocycles. The zero-order valence-corrected chi connectivity index (χ0v) is 8.12. The minimum absolute atomic E-state index is 0.0492. The summed E-state index contributed by atoms with van der Waals surface area (Å²) >= 11 is 2.78. The lowest BCUT2D eigenvalue weighted by Crippen LogP contribution is -2.03. The molecule has 0 spiro atoms. The summed E-state index contributed by atoms with van der Waals surface area (Å²) in [4.78, 5) is 13.8. The van der Waals surface area contributed by atoms with Crippen molar-refractivity contribution < 1.29 is 23.8 Å². The zero-order chi connectivity index (χ0) is 10.9. The highest BCUT2D eigenvalue weighted by Gasteiger charge is 2.23. The van der Waals surface area contributed by atoms with Crippen LogP contribution in [0.3, 0.4) is 0 Å². The molecule has 4 nitrogen and oxygen atoms in total. The van der Waals surface area contributed by atoms with Crippen LogP contribution in [0.25, 0.3) is 0 Å². The number of aromatic nitrogens is 1. The Hall–Kier alpha value is -1.24. The molecule has 1 aromatic rings. The standard InChI is InChI=1S/C7H4BrF2NO3/c8-2-1-11-4(6(9)10)5(12)3(2)7(13)14/h1,6,12H,(H,13,14). The molecule has 1 aromatic heterocycles. The van der Waals surface area contributed by atoms with Crippen molar-refractivity contribution in [2.24, 2.45) is 0 Å². The van der Waals surface area contributed by atoms with Gasteiger partial charge in [-0.25, -0.2) is 13.6 Å². The van der Waals surface area contributed by atoms with Crippen LogP contribution in [-0.2, 0) is 0 Å². The number of nitrogens with zero attached hydrogens (tertiary/aromatic N) is 1. The normalized spacial score (nSPS) is 10.6. The Labute approximate surface area is 85.3 Å². The number of alkyl halides is 2. The SMILES string of the molecule is O=C(O)c1c(Br)cnc(C(F)F)c1O. The van der Waals surface area contributed by atoms with Crippen LogP contribution < -0.4 is 0 Å². The van der Waals surface area contributed by atoms with E-state index in [0.29, 0.717) is 0 Å². The first-order valence-corrected chi connectivity index (χ1v) is 4.13. The van der Waals surface area contributed by atoms with E-state index in [1.54, 1.807) is 0 Å². The average Bonchev–Trinajstić information content (AvgIpc) is 2.02. The first kappa shape index (κ1) is 10.8. The number of carboxylic acids is 1. The van der Waals surface area contributed by atoms with Gasteiger partial charge in [-0.2, -0.15) is 0 Å². The van der Waals surface area contributed by atoms with E-state index in [0.717, 1.165) is 6.20 Å². The quantitative estimate of drug-likeness (QED) is 0.862. The Balaban J connectivity index is 3.41. The molecule has 0 amide bonds.